The molecule has 0 radical (unpaired) electrons. The van der Waals surface area contributed by atoms with E-state index in [2.05, 4.69) is 20.9 Å². The Kier molecular flexibility index (Phi) is 4.72. The number of Topliss-reactive ketones (excluding diaryl/α,β-unsaturated/α-hetero) is 1. The lowest BCUT2D eigenvalue weighted by Gasteiger charge is -2.08. The topological polar surface area (TPSA) is 93.2 Å². The maximum absolute atomic E-state index is 12.2. The Labute approximate surface area is 135 Å². The van der Waals surface area contributed by atoms with E-state index in [0.717, 1.165) is 0 Å². The van der Waals surface area contributed by atoms with E-state index in [1.807, 2.05) is 4.72 Å². The molecule has 0 saturated heterocycles. The molecule has 1 amide bonds. The monoisotopic (exact) mass is 382 g/mol. The fourth-order valence-electron chi connectivity index (χ4n) is 1.66. The first-order valence-electron chi connectivity index (χ1n) is 6.08. The first kappa shape index (κ1) is 16.3. The third-order valence-electron chi connectivity index (χ3n) is 2.74. The van der Waals surface area contributed by atoms with E-state index in [1.54, 1.807) is 0 Å². The minimum absolute atomic E-state index is 0.0978. The van der Waals surface area contributed by atoms with Crippen molar-refractivity contribution < 1.29 is 18.0 Å². The molecule has 1 N–H and O–H groups in total. The van der Waals surface area contributed by atoms with Gasteiger partial charge < -0.3 is 0 Å². The van der Waals surface area contributed by atoms with Gasteiger partial charge in [0.1, 0.15) is 0 Å². The number of pyridine rings is 1. The molecule has 22 heavy (non-hydrogen) atoms. The first-order chi connectivity index (χ1) is 10.3. The molecule has 0 fully saturated rings. The van der Waals surface area contributed by atoms with Gasteiger partial charge in [-0.2, -0.15) is 0 Å². The van der Waals surface area contributed by atoms with E-state index >= 15 is 0 Å². The second-order valence-corrected chi connectivity index (χ2v) is 7.01. The SMILES string of the molecule is CC(=O)c1cccc(S(=O)(=O)NC(=O)c2cncc(Br)c2)c1. The summed E-state index contributed by atoms with van der Waals surface area (Å²) >= 11 is 3.15. The van der Waals surface area contributed by atoms with Crippen LogP contribution in [0.25, 0.3) is 0 Å². The molecule has 2 aromatic rings. The van der Waals surface area contributed by atoms with Crippen LogP contribution in [0.3, 0.4) is 0 Å². The van der Waals surface area contributed by atoms with E-state index in [9.17, 15) is 18.0 Å². The van der Waals surface area contributed by atoms with Gasteiger partial charge >= 0.3 is 0 Å². The highest BCUT2D eigenvalue weighted by Gasteiger charge is 2.19. The van der Waals surface area contributed by atoms with Gasteiger partial charge in [-0.3, -0.25) is 14.6 Å². The van der Waals surface area contributed by atoms with Crippen molar-refractivity contribution in [3.05, 3.63) is 58.3 Å². The Bertz CT molecular complexity index is 849. The summed E-state index contributed by atoms with van der Waals surface area (Å²) in [6.07, 6.45) is 2.73. The average Bonchev–Trinajstić information content (AvgIpc) is 2.47. The quantitative estimate of drug-likeness (QED) is 0.817. The van der Waals surface area contributed by atoms with Crippen LogP contribution < -0.4 is 4.72 Å². The predicted molar refractivity (Wildman–Crippen MR) is 83.0 cm³/mol. The molecule has 0 unspecified atom stereocenters. The summed E-state index contributed by atoms with van der Waals surface area (Å²) in [5.41, 5.74) is 0.347. The Hall–Kier alpha value is -2.06. The maximum Gasteiger partial charge on any atom is 0.266 e. The number of hydrogen-bond donors (Lipinski definition) is 1. The summed E-state index contributed by atoms with van der Waals surface area (Å²) in [7, 11) is -4.07. The van der Waals surface area contributed by atoms with Crippen LogP contribution in [0.2, 0.25) is 0 Å². The van der Waals surface area contributed by atoms with Crippen molar-refractivity contribution >= 4 is 37.6 Å². The van der Waals surface area contributed by atoms with Crippen LogP contribution in [0.4, 0.5) is 0 Å². The van der Waals surface area contributed by atoms with E-state index in [0.29, 0.717) is 4.47 Å². The summed E-state index contributed by atoms with van der Waals surface area (Å²) in [6, 6.07) is 6.92. The van der Waals surface area contributed by atoms with Crippen LogP contribution >= 0.6 is 15.9 Å². The van der Waals surface area contributed by atoms with Crippen LogP contribution in [0, 0.1) is 0 Å². The number of halogens is 1. The second-order valence-electron chi connectivity index (χ2n) is 4.41. The van der Waals surface area contributed by atoms with Crippen LogP contribution in [0.15, 0.2) is 52.1 Å². The normalized spacial score (nSPS) is 11.0. The lowest BCUT2D eigenvalue weighted by atomic mass is 10.2. The Morgan fingerprint density at radius 2 is 1.86 bits per heavy atom. The summed E-state index contributed by atoms with van der Waals surface area (Å²) in [6.45, 7) is 1.33. The molecule has 1 heterocycles. The predicted octanol–water partition coefficient (Wildman–Crippen LogP) is 2.17. The lowest BCUT2D eigenvalue weighted by Crippen LogP contribution is -2.30. The number of hydrogen-bond acceptors (Lipinski definition) is 5. The van der Waals surface area contributed by atoms with Crippen LogP contribution in [-0.4, -0.2) is 25.1 Å². The molecule has 0 saturated carbocycles. The van der Waals surface area contributed by atoms with Gasteiger partial charge in [-0.15, -0.1) is 0 Å². The molecule has 0 aliphatic heterocycles. The number of nitrogens with zero attached hydrogens (tertiary/aromatic N) is 1. The number of aromatic nitrogens is 1. The van der Waals surface area contributed by atoms with Crippen molar-refractivity contribution in [3.8, 4) is 0 Å². The van der Waals surface area contributed by atoms with Crippen molar-refractivity contribution in [2.24, 2.45) is 0 Å². The number of carbonyl (C=O) groups excluding carboxylic acids is 2. The summed E-state index contributed by atoms with van der Waals surface area (Å²) < 4.78 is 26.9. The minimum Gasteiger partial charge on any atom is -0.295 e. The number of sulfonamides is 1. The van der Waals surface area contributed by atoms with Gasteiger partial charge in [-0.1, -0.05) is 12.1 Å². The maximum atomic E-state index is 12.2. The zero-order valence-corrected chi connectivity index (χ0v) is 13.8. The second kappa shape index (κ2) is 6.37. The molecule has 1 aromatic heterocycles. The molecule has 2 rings (SSSR count). The third kappa shape index (κ3) is 3.77. The fourth-order valence-corrected chi connectivity index (χ4v) is 3.04. The highest BCUT2D eigenvalue weighted by molar-refractivity contribution is 9.10. The molecule has 1 aromatic carbocycles. The first-order valence-corrected chi connectivity index (χ1v) is 8.36. The molecule has 0 aliphatic rings. The van der Waals surface area contributed by atoms with Crippen molar-refractivity contribution in [2.45, 2.75) is 11.8 Å². The molecule has 6 nitrogen and oxygen atoms in total. The molecule has 0 spiro atoms. The van der Waals surface area contributed by atoms with Gasteiger partial charge in [-0.25, -0.2) is 13.1 Å². The summed E-state index contributed by atoms with van der Waals surface area (Å²) in [5, 5.41) is 0. The number of amides is 1. The zero-order chi connectivity index (χ0) is 16.3. The van der Waals surface area contributed by atoms with Crippen LogP contribution in [0.5, 0.6) is 0 Å². The summed E-state index contributed by atoms with van der Waals surface area (Å²) in [4.78, 5) is 26.9. The van der Waals surface area contributed by atoms with Crippen LogP contribution in [0.1, 0.15) is 27.6 Å². The van der Waals surface area contributed by atoms with Crippen molar-refractivity contribution in [3.63, 3.8) is 0 Å². The zero-order valence-electron chi connectivity index (χ0n) is 11.4. The fraction of sp³-hybridized carbons (Fsp3) is 0.0714. The standard InChI is InChI=1S/C14H11BrN2O4S/c1-9(18)10-3-2-4-13(6-10)22(20,21)17-14(19)11-5-12(15)8-16-7-11/h2-8H,1H3,(H,17,19). The minimum atomic E-state index is -4.07. The molecular formula is C14H11BrN2O4S. The largest absolute Gasteiger partial charge is 0.295 e. The van der Waals surface area contributed by atoms with Gasteiger partial charge in [-0.05, 0) is 41.1 Å². The Morgan fingerprint density at radius 3 is 2.50 bits per heavy atom. The van der Waals surface area contributed by atoms with E-state index in [-0.39, 0.29) is 21.8 Å². The van der Waals surface area contributed by atoms with Crippen LogP contribution in [-0.2, 0) is 10.0 Å². The van der Waals surface area contributed by atoms with E-state index in [4.69, 9.17) is 0 Å². The van der Waals surface area contributed by atoms with Gasteiger partial charge in [0.25, 0.3) is 15.9 Å². The molecule has 0 bridgehead atoms. The number of ketones is 1. The number of nitrogens with one attached hydrogen (secondary N) is 1. The van der Waals surface area contributed by atoms with Gasteiger partial charge in [0, 0.05) is 22.4 Å². The average molecular weight is 383 g/mol. The Morgan fingerprint density at radius 1 is 1.14 bits per heavy atom. The number of benzene rings is 1. The van der Waals surface area contributed by atoms with Gasteiger partial charge in [0.05, 0.1) is 10.5 Å². The third-order valence-corrected chi connectivity index (χ3v) is 4.51. The van der Waals surface area contributed by atoms with Gasteiger partial charge in [0.15, 0.2) is 5.78 Å². The Balaban J connectivity index is 2.30. The molecule has 114 valence electrons. The van der Waals surface area contributed by atoms with E-state index in [1.165, 1.54) is 49.6 Å². The van der Waals surface area contributed by atoms with Crippen molar-refractivity contribution in [1.29, 1.82) is 0 Å². The molecule has 8 heteroatoms. The van der Waals surface area contributed by atoms with E-state index < -0.39 is 15.9 Å². The number of carbonyl (C=O) groups is 2. The molecular weight excluding hydrogens is 372 g/mol. The molecule has 0 atom stereocenters. The highest BCUT2D eigenvalue weighted by Crippen LogP contribution is 2.14. The van der Waals surface area contributed by atoms with Crippen molar-refractivity contribution in [1.82, 2.24) is 9.71 Å². The highest BCUT2D eigenvalue weighted by atomic mass is 79.9. The number of rotatable bonds is 4. The van der Waals surface area contributed by atoms with Gasteiger partial charge in [0.2, 0.25) is 0 Å². The molecule has 0 aliphatic carbocycles. The smallest absolute Gasteiger partial charge is 0.266 e. The van der Waals surface area contributed by atoms with Crippen molar-refractivity contribution in [2.75, 3.05) is 0 Å². The summed E-state index contributed by atoms with van der Waals surface area (Å²) in [5.74, 6) is -1.07. The lowest BCUT2D eigenvalue weighted by molar-refractivity contribution is 0.0979.